The first-order valence-electron chi connectivity index (χ1n) is 4.44. The van der Waals surface area contributed by atoms with E-state index in [-0.39, 0.29) is 5.69 Å². The lowest BCUT2D eigenvalue weighted by molar-refractivity contribution is -0.384. The van der Waals surface area contributed by atoms with Gasteiger partial charge in [0.15, 0.2) is 0 Å². The maximum absolute atomic E-state index is 10.6. The number of hydrogen-bond donors (Lipinski definition) is 0. The summed E-state index contributed by atoms with van der Waals surface area (Å²) in [4.78, 5) is 10.2. The van der Waals surface area contributed by atoms with Gasteiger partial charge in [0.25, 0.3) is 5.69 Å². The molecule has 82 valence electrons. The predicted molar refractivity (Wildman–Crippen MR) is 64.9 cm³/mol. The fraction of sp³-hybridized carbons (Fsp3) is 0.111. The van der Waals surface area contributed by atoms with Gasteiger partial charge in [-0.15, -0.1) is 5.10 Å². The van der Waals surface area contributed by atoms with E-state index in [0.717, 1.165) is 9.26 Å². The van der Waals surface area contributed by atoms with Gasteiger partial charge in [-0.25, -0.2) is 4.68 Å². The zero-order valence-corrected chi connectivity index (χ0v) is 10.2. The summed E-state index contributed by atoms with van der Waals surface area (Å²) >= 11 is 2.11. The molecule has 1 heterocycles. The Morgan fingerprint density at radius 1 is 1.50 bits per heavy atom. The van der Waals surface area contributed by atoms with E-state index >= 15 is 0 Å². The van der Waals surface area contributed by atoms with E-state index in [1.165, 1.54) is 12.1 Å². The van der Waals surface area contributed by atoms with Crippen LogP contribution in [-0.2, 0) is 6.54 Å². The predicted octanol–water partition coefficient (Wildman–Crippen LogP) is 1.84. The smallest absolute Gasteiger partial charge is 0.258 e. The summed E-state index contributed by atoms with van der Waals surface area (Å²) in [5.41, 5.74) is 0.922. The third-order valence-electron chi connectivity index (χ3n) is 2.02. The number of aromatic nitrogens is 3. The van der Waals surface area contributed by atoms with Crippen molar-refractivity contribution < 1.29 is 4.92 Å². The lowest BCUT2D eigenvalue weighted by Crippen LogP contribution is -2.04. The number of nitro benzene ring substituents is 1. The second kappa shape index (κ2) is 4.56. The van der Waals surface area contributed by atoms with Gasteiger partial charge in [-0.3, -0.25) is 10.1 Å². The van der Waals surface area contributed by atoms with Gasteiger partial charge < -0.3 is 0 Å². The van der Waals surface area contributed by atoms with Gasteiger partial charge in [-0.1, -0.05) is 17.3 Å². The molecule has 16 heavy (non-hydrogen) atoms. The van der Waals surface area contributed by atoms with Gasteiger partial charge in [0.2, 0.25) is 0 Å². The standard InChI is InChI=1S/C9H7IN4O2/c10-9-5-11-12-13(9)6-7-2-1-3-8(4-7)14(15)16/h1-5H,6H2. The minimum absolute atomic E-state index is 0.0904. The molecule has 0 unspecified atom stereocenters. The van der Waals surface area contributed by atoms with E-state index in [1.54, 1.807) is 16.9 Å². The van der Waals surface area contributed by atoms with Crippen molar-refractivity contribution in [3.8, 4) is 0 Å². The summed E-state index contributed by atoms with van der Waals surface area (Å²) in [6.45, 7) is 0.486. The van der Waals surface area contributed by atoms with Crippen molar-refractivity contribution in [3.63, 3.8) is 0 Å². The highest BCUT2D eigenvalue weighted by atomic mass is 127. The van der Waals surface area contributed by atoms with Gasteiger partial charge in [0.05, 0.1) is 17.7 Å². The molecule has 1 aromatic carbocycles. The maximum Gasteiger partial charge on any atom is 0.269 e. The summed E-state index contributed by atoms with van der Waals surface area (Å²) in [6, 6.07) is 6.50. The van der Waals surface area contributed by atoms with Crippen molar-refractivity contribution in [2.45, 2.75) is 6.54 Å². The molecule has 0 radical (unpaired) electrons. The van der Waals surface area contributed by atoms with Crippen molar-refractivity contribution in [1.82, 2.24) is 15.0 Å². The van der Waals surface area contributed by atoms with Crippen molar-refractivity contribution in [1.29, 1.82) is 0 Å². The number of non-ortho nitro benzene ring substituents is 1. The fourth-order valence-corrected chi connectivity index (χ4v) is 1.69. The Morgan fingerprint density at radius 3 is 2.94 bits per heavy atom. The Labute approximate surface area is 105 Å². The average Bonchev–Trinajstić information content (AvgIpc) is 2.65. The molecule has 0 amide bonds. The Balaban J connectivity index is 2.25. The van der Waals surface area contributed by atoms with Gasteiger partial charge in [-0.05, 0) is 28.2 Å². The van der Waals surface area contributed by atoms with E-state index in [4.69, 9.17) is 0 Å². The molecule has 0 saturated heterocycles. The fourth-order valence-electron chi connectivity index (χ4n) is 1.29. The highest BCUT2D eigenvalue weighted by Crippen LogP contribution is 2.14. The second-order valence-corrected chi connectivity index (χ2v) is 4.25. The van der Waals surface area contributed by atoms with Crippen LogP contribution in [0, 0.1) is 13.8 Å². The van der Waals surface area contributed by atoms with Crippen LogP contribution in [-0.4, -0.2) is 19.9 Å². The van der Waals surface area contributed by atoms with E-state index in [2.05, 4.69) is 32.9 Å². The number of nitro groups is 1. The molecule has 0 aliphatic rings. The van der Waals surface area contributed by atoms with Gasteiger partial charge in [0.1, 0.15) is 3.70 Å². The molecule has 2 rings (SSSR count). The molecule has 2 aromatic rings. The Kier molecular flexibility index (Phi) is 3.13. The molecule has 0 aliphatic heterocycles. The van der Waals surface area contributed by atoms with Crippen molar-refractivity contribution in [2.75, 3.05) is 0 Å². The van der Waals surface area contributed by atoms with Gasteiger partial charge in [-0.2, -0.15) is 0 Å². The van der Waals surface area contributed by atoms with Crippen LogP contribution in [0.1, 0.15) is 5.56 Å². The molecular formula is C9H7IN4O2. The third kappa shape index (κ3) is 2.35. The van der Waals surface area contributed by atoms with Gasteiger partial charge in [0, 0.05) is 12.1 Å². The number of halogens is 1. The number of rotatable bonds is 3. The molecule has 7 heteroatoms. The zero-order valence-electron chi connectivity index (χ0n) is 8.08. The second-order valence-electron chi connectivity index (χ2n) is 3.14. The van der Waals surface area contributed by atoms with Crippen molar-refractivity contribution >= 4 is 28.3 Å². The van der Waals surface area contributed by atoms with Crippen molar-refractivity contribution in [2.24, 2.45) is 0 Å². The molecule has 0 bridgehead atoms. The molecule has 1 aromatic heterocycles. The van der Waals surface area contributed by atoms with Crippen LogP contribution in [0.2, 0.25) is 0 Å². The summed E-state index contributed by atoms with van der Waals surface area (Å²) in [5.74, 6) is 0. The Bertz CT molecular complexity index is 526. The molecular weight excluding hydrogens is 323 g/mol. The van der Waals surface area contributed by atoms with Crippen LogP contribution >= 0.6 is 22.6 Å². The van der Waals surface area contributed by atoms with Crippen LogP contribution in [0.15, 0.2) is 30.5 Å². The topological polar surface area (TPSA) is 73.8 Å². The first-order valence-corrected chi connectivity index (χ1v) is 5.52. The molecule has 0 fully saturated rings. The van der Waals surface area contributed by atoms with Crippen LogP contribution < -0.4 is 0 Å². The van der Waals surface area contributed by atoms with Crippen LogP contribution in [0.5, 0.6) is 0 Å². The lowest BCUT2D eigenvalue weighted by atomic mass is 10.2. The summed E-state index contributed by atoms with van der Waals surface area (Å²) in [6.07, 6.45) is 1.64. The highest BCUT2D eigenvalue weighted by molar-refractivity contribution is 14.1. The minimum atomic E-state index is -0.407. The SMILES string of the molecule is O=[N+]([O-])c1cccc(Cn2nncc2I)c1. The van der Waals surface area contributed by atoms with Gasteiger partial charge >= 0.3 is 0 Å². The number of hydrogen-bond acceptors (Lipinski definition) is 4. The number of benzene rings is 1. The summed E-state index contributed by atoms with van der Waals surface area (Å²) < 4.78 is 2.57. The van der Waals surface area contributed by atoms with E-state index in [0.29, 0.717) is 6.54 Å². The van der Waals surface area contributed by atoms with E-state index in [9.17, 15) is 10.1 Å². The first kappa shape index (κ1) is 11.0. The average molecular weight is 330 g/mol. The van der Waals surface area contributed by atoms with Crippen LogP contribution in [0.4, 0.5) is 5.69 Å². The lowest BCUT2D eigenvalue weighted by Gasteiger charge is -2.02. The molecule has 0 atom stereocenters. The Morgan fingerprint density at radius 2 is 2.31 bits per heavy atom. The summed E-state index contributed by atoms with van der Waals surface area (Å²) in [5, 5.41) is 18.2. The quantitative estimate of drug-likeness (QED) is 0.489. The van der Waals surface area contributed by atoms with E-state index in [1.807, 2.05) is 6.07 Å². The first-order chi connectivity index (χ1) is 7.66. The largest absolute Gasteiger partial charge is 0.269 e. The van der Waals surface area contributed by atoms with Crippen molar-refractivity contribution in [3.05, 3.63) is 49.8 Å². The highest BCUT2D eigenvalue weighted by Gasteiger charge is 2.07. The third-order valence-corrected chi connectivity index (χ3v) is 2.86. The van der Waals surface area contributed by atoms with E-state index < -0.39 is 4.92 Å². The minimum Gasteiger partial charge on any atom is -0.258 e. The Hall–Kier alpha value is -1.51. The zero-order chi connectivity index (χ0) is 11.5. The van der Waals surface area contributed by atoms with Crippen LogP contribution in [0.25, 0.3) is 0 Å². The molecule has 0 N–H and O–H groups in total. The molecule has 6 nitrogen and oxygen atoms in total. The summed E-state index contributed by atoms with van der Waals surface area (Å²) in [7, 11) is 0. The molecule has 0 spiro atoms. The molecule has 0 saturated carbocycles. The monoisotopic (exact) mass is 330 g/mol. The molecule has 0 aliphatic carbocycles. The maximum atomic E-state index is 10.6. The normalized spacial score (nSPS) is 10.3. The number of nitrogens with zero attached hydrogens (tertiary/aromatic N) is 4. The van der Waals surface area contributed by atoms with Crippen LogP contribution in [0.3, 0.4) is 0 Å².